The number of hydrogen-bond donors (Lipinski definition) is 4. The molecule has 0 aromatic heterocycles. The van der Waals surface area contributed by atoms with E-state index in [2.05, 4.69) is 41.5 Å². The van der Waals surface area contributed by atoms with Gasteiger partial charge in [0.25, 0.3) is 0 Å². The Bertz CT molecular complexity index is 1430. The van der Waals surface area contributed by atoms with Gasteiger partial charge in [-0.05, 0) is 208 Å². The Labute approximate surface area is 332 Å². The molecule has 312 valence electrons. The number of carbonyl (C=O) groups excluding carboxylic acids is 1. The summed E-state index contributed by atoms with van der Waals surface area (Å²) in [6, 6.07) is 0. The number of esters is 1. The van der Waals surface area contributed by atoms with E-state index in [1.165, 1.54) is 32.1 Å². The molecule has 0 radical (unpaired) electrons. The molecule has 4 N–H and O–H groups in total. The van der Waals surface area contributed by atoms with Gasteiger partial charge in [0.05, 0.1) is 18.3 Å². The summed E-state index contributed by atoms with van der Waals surface area (Å²) < 4.78 is 6.32. The van der Waals surface area contributed by atoms with Crippen molar-refractivity contribution in [1.82, 2.24) is 0 Å². The lowest BCUT2D eigenvalue weighted by Gasteiger charge is -2.62. The van der Waals surface area contributed by atoms with Crippen LogP contribution in [0.5, 0.6) is 0 Å². The second-order valence-corrected chi connectivity index (χ2v) is 22.7. The van der Waals surface area contributed by atoms with Crippen LogP contribution in [-0.2, 0) is 14.3 Å². The topological polar surface area (TPSA) is 124 Å². The maximum Gasteiger partial charge on any atom is 0.306 e. The van der Waals surface area contributed by atoms with Crippen molar-refractivity contribution in [2.75, 3.05) is 0 Å². The lowest BCUT2D eigenvalue weighted by atomic mass is 9.43. The van der Waals surface area contributed by atoms with Crippen LogP contribution in [0.25, 0.3) is 0 Å². The first-order chi connectivity index (χ1) is 26.0. The van der Waals surface area contributed by atoms with Crippen LogP contribution in [0.3, 0.4) is 0 Å². The van der Waals surface area contributed by atoms with E-state index in [4.69, 9.17) is 4.74 Å². The van der Waals surface area contributed by atoms with Gasteiger partial charge < -0.3 is 25.2 Å². The van der Waals surface area contributed by atoms with E-state index in [1.807, 2.05) is 0 Å². The number of aliphatic carboxylic acids is 1. The van der Waals surface area contributed by atoms with Crippen LogP contribution in [0.4, 0.5) is 0 Å². The van der Waals surface area contributed by atoms with Crippen LogP contribution in [0.1, 0.15) is 170 Å². The SMILES string of the molecule is CC(CCC(=O)OC1CCC2(C)C(CCC3C2CC(O)C2(C)C(C(C)CCC(=O)O)CCC32)C1)C1CCC2C3CCC4CC(O)CCC4(C)C3CC(O)C12C. The minimum absolute atomic E-state index is 0.00923. The molecule has 8 aliphatic rings. The lowest BCUT2D eigenvalue weighted by molar-refractivity contribution is -0.182. The Morgan fingerprint density at radius 1 is 0.600 bits per heavy atom. The van der Waals surface area contributed by atoms with Gasteiger partial charge in [-0.1, -0.05) is 41.5 Å². The smallest absolute Gasteiger partial charge is 0.306 e. The van der Waals surface area contributed by atoms with Crippen molar-refractivity contribution >= 4 is 11.9 Å². The van der Waals surface area contributed by atoms with Gasteiger partial charge >= 0.3 is 11.9 Å². The van der Waals surface area contributed by atoms with Crippen molar-refractivity contribution in [3.05, 3.63) is 0 Å². The van der Waals surface area contributed by atoms with Gasteiger partial charge in [0.15, 0.2) is 0 Å². The molecule has 0 aliphatic heterocycles. The average Bonchev–Trinajstić information content (AvgIpc) is 3.70. The molecule has 20 atom stereocenters. The highest BCUT2D eigenvalue weighted by atomic mass is 16.5. The van der Waals surface area contributed by atoms with Crippen molar-refractivity contribution in [3.63, 3.8) is 0 Å². The predicted molar refractivity (Wildman–Crippen MR) is 214 cm³/mol. The van der Waals surface area contributed by atoms with Gasteiger partial charge in [0.1, 0.15) is 6.10 Å². The molecule has 55 heavy (non-hydrogen) atoms. The van der Waals surface area contributed by atoms with E-state index in [-0.39, 0.29) is 58.5 Å². The third-order valence-corrected chi connectivity index (χ3v) is 20.9. The van der Waals surface area contributed by atoms with Crippen molar-refractivity contribution in [2.24, 2.45) is 92.7 Å². The van der Waals surface area contributed by atoms with Crippen LogP contribution in [-0.4, -0.2) is 56.8 Å². The van der Waals surface area contributed by atoms with Crippen LogP contribution < -0.4 is 0 Å². The minimum atomic E-state index is -0.720. The summed E-state index contributed by atoms with van der Waals surface area (Å²) in [4.78, 5) is 24.9. The van der Waals surface area contributed by atoms with E-state index >= 15 is 0 Å². The zero-order valence-corrected chi connectivity index (χ0v) is 35.4. The number of aliphatic hydroxyl groups is 3. The second kappa shape index (κ2) is 14.8. The Balaban J connectivity index is 0.846. The van der Waals surface area contributed by atoms with Gasteiger partial charge in [0, 0.05) is 12.8 Å². The van der Waals surface area contributed by atoms with Crippen LogP contribution in [0, 0.1) is 92.7 Å². The number of carbonyl (C=O) groups is 2. The molecule has 8 saturated carbocycles. The molecule has 0 bridgehead atoms. The fourth-order valence-corrected chi connectivity index (χ4v) is 17.8. The first-order valence-corrected chi connectivity index (χ1v) is 23.5. The Morgan fingerprint density at radius 3 is 1.62 bits per heavy atom. The minimum Gasteiger partial charge on any atom is -0.481 e. The van der Waals surface area contributed by atoms with Crippen molar-refractivity contribution in [1.29, 1.82) is 0 Å². The van der Waals surface area contributed by atoms with Crippen LogP contribution >= 0.6 is 0 Å². The quantitative estimate of drug-likeness (QED) is 0.173. The van der Waals surface area contributed by atoms with E-state index in [1.54, 1.807) is 0 Å². The summed E-state index contributed by atoms with van der Waals surface area (Å²) >= 11 is 0. The normalized spacial score (nSPS) is 52.7. The molecule has 7 heteroatoms. The molecule has 0 heterocycles. The standard InChI is InChI=1S/C48H78O7/c1-27(7-17-43(52)53)35-13-15-38-34-12-10-30-24-32(20-22-46(30,4)40(34)26-42(51)47(35,38)5)55-44(54)18-8-28(2)36-14-16-37-33-11-9-29-23-31(49)19-21-45(29,3)39(33)25-41(50)48(36,37)6/h27-42,49-51H,7-26H2,1-6H3,(H,52,53). The van der Waals surface area contributed by atoms with Gasteiger partial charge in [-0.3, -0.25) is 9.59 Å². The van der Waals surface area contributed by atoms with Crippen molar-refractivity contribution in [2.45, 2.75) is 194 Å². The van der Waals surface area contributed by atoms with Gasteiger partial charge in [-0.15, -0.1) is 0 Å². The first-order valence-electron chi connectivity index (χ1n) is 23.5. The highest BCUT2D eigenvalue weighted by Gasteiger charge is 2.65. The third-order valence-electron chi connectivity index (χ3n) is 20.9. The van der Waals surface area contributed by atoms with Crippen molar-refractivity contribution in [3.8, 4) is 0 Å². The molecule has 20 unspecified atom stereocenters. The number of rotatable bonds is 9. The molecule has 0 spiro atoms. The molecule has 0 aromatic rings. The summed E-state index contributed by atoms with van der Waals surface area (Å²) in [7, 11) is 0. The summed E-state index contributed by atoms with van der Waals surface area (Å²) in [5, 5.41) is 43.7. The number of hydrogen-bond acceptors (Lipinski definition) is 6. The number of fused-ring (bicyclic) bond motifs is 10. The van der Waals surface area contributed by atoms with E-state index in [0.29, 0.717) is 83.9 Å². The largest absolute Gasteiger partial charge is 0.481 e. The maximum absolute atomic E-state index is 13.5. The summed E-state index contributed by atoms with van der Waals surface area (Å²) in [6.45, 7) is 14.3. The van der Waals surface area contributed by atoms with Gasteiger partial charge in [0.2, 0.25) is 0 Å². The molecule has 0 amide bonds. The number of aliphatic hydroxyl groups excluding tert-OH is 3. The second-order valence-electron chi connectivity index (χ2n) is 22.7. The van der Waals surface area contributed by atoms with Crippen LogP contribution in [0.15, 0.2) is 0 Å². The number of carboxylic acid groups (broad SMARTS) is 1. The Hall–Kier alpha value is -1.18. The maximum atomic E-state index is 13.5. The molecule has 8 aliphatic carbocycles. The van der Waals surface area contributed by atoms with Crippen molar-refractivity contribution < 1.29 is 34.8 Å². The summed E-state index contributed by atoms with van der Waals surface area (Å²) in [5.74, 6) is 5.27. The molecule has 7 nitrogen and oxygen atoms in total. The average molecular weight is 767 g/mol. The zero-order chi connectivity index (χ0) is 39.2. The van der Waals surface area contributed by atoms with Crippen LogP contribution in [0.2, 0.25) is 0 Å². The highest BCUT2D eigenvalue weighted by Crippen LogP contribution is 2.70. The van der Waals surface area contributed by atoms with Gasteiger partial charge in [-0.2, -0.15) is 0 Å². The van der Waals surface area contributed by atoms with E-state index in [0.717, 1.165) is 77.0 Å². The lowest BCUT2D eigenvalue weighted by Crippen LogP contribution is -2.59. The van der Waals surface area contributed by atoms with Gasteiger partial charge in [-0.25, -0.2) is 0 Å². The third kappa shape index (κ3) is 6.50. The molecule has 0 aromatic carbocycles. The molecule has 8 fully saturated rings. The van der Waals surface area contributed by atoms with E-state index in [9.17, 15) is 30.0 Å². The summed E-state index contributed by atoms with van der Waals surface area (Å²) in [5.41, 5.74) is 0.199. The van der Waals surface area contributed by atoms with E-state index < -0.39 is 5.97 Å². The monoisotopic (exact) mass is 767 g/mol. The highest BCUT2D eigenvalue weighted by molar-refractivity contribution is 5.69. The Kier molecular flexibility index (Phi) is 10.9. The molecular weight excluding hydrogens is 689 g/mol. The number of carboxylic acids is 1. The molecule has 8 rings (SSSR count). The molecular formula is C48H78O7. The Morgan fingerprint density at radius 2 is 1.09 bits per heavy atom. The fraction of sp³-hybridized carbons (Fsp3) is 0.958. The number of ether oxygens (including phenoxy) is 1. The molecule has 0 saturated heterocycles. The zero-order valence-electron chi connectivity index (χ0n) is 35.4. The fourth-order valence-electron chi connectivity index (χ4n) is 17.8. The first kappa shape index (κ1) is 40.6. The predicted octanol–water partition coefficient (Wildman–Crippen LogP) is 9.44. The summed E-state index contributed by atoms with van der Waals surface area (Å²) in [6.07, 6.45) is 18.5.